The maximum atomic E-state index is 12.1. The monoisotopic (exact) mass is 258 g/mol. The lowest BCUT2D eigenvalue weighted by Crippen LogP contribution is -2.43. The summed E-state index contributed by atoms with van der Waals surface area (Å²) in [6.45, 7) is 2.20. The number of aryl methyl sites for hydroxylation is 1. The normalized spacial score (nSPS) is 13.6. The zero-order valence-electron chi connectivity index (χ0n) is 10.0. The van der Waals surface area contributed by atoms with Gasteiger partial charge in [0.25, 0.3) is 0 Å². The number of methoxy groups -OCH3 is 1. The van der Waals surface area contributed by atoms with Crippen molar-refractivity contribution in [2.45, 2.75) is 17.9 Å². The minimum atomic E-state index is -3.53. The first-order valence-corrected chi connectivity index (χ1v) is 6.76. The van der Waals surface area contributed by atoms with Crippen molar-refractivity contribution in [3.8, 4) is 0 Å². The lowest BCUT2D eigenvalue weighted by molar-refractivity contribution is 0.177. The molecule has 5 nitrogen and oxygen atoms in total. The fraction of sp³-hybridized carbons (Fsp3) is 0.455. The van der Waals surface area contributed by atoms with Crippen LogP contribution in [0.1, 0.15) is 5.56 Å². The summed E-state index contributed by atoms with van der Waals surface area (Å²) in [5.74, 6) is 0. The average Bonchev–Trinajstić information content (AvgIpc) is 2.28. The highest BCUT2D eigenvalue weighted by Gasteiger charge is 2.20. The Bertz CT molecular complexity index is 460. The summed E-state index contributed by atoms with van der Waals surface area (Å²) < 4.78 is 31.6. The van der Waals surface area contributed by atoms with Gasteiger partial charge in [-0.3, -0.25) is 0 Å². The van der Waals surface area contributed by atoms with E-state index in [-0.39, 0.29) is 18.0 Å². The second-order valence-electron chi connectivity index (χ2n) is 3.77. The van der Waals surface area contributed by atoms with Gasteiger partial charge in [-0.1, -0.05) is 18.2 Å². The first-order chi connectivity index (χ1) is 8.01. The number of rotatable bonds is 6. The molecule has 0 aromatic heterocycles. The van der Waals surface area contributed by atoms with Crippen LogP contribution in [0.2, 0.25) is 0 Å². The van der Waals surface area contributed by atoms with Gasteiger partial charge in [0.1, 0.15) is 0 Å². The smallest absolute Gasteiger partial charge is 0.241 e. The summed E-state index contributed by atoms with van der Waals surface area (Å²) in [7, 11) is -2.03. The predicted molar refractivity (Wildman–Crippen MR) is 66.2 cm³/mol. The maximum Gasteiger partial charge on any atom is 0.241 e. The lowest BCUT2D eigenvalue weighted by Gasteiger charge is -2.16. The van der Waals surface area contributed by atoms with Crippen LogP contribution in [0.4, 0.5) is 0 Å². The minimum absolute atomic E-state index is 0.193. The number of hydrogen-bond acceptors (Lipinski definition) is 4. The summed E-state index contributed by atoms with van der Waals surface area (Å²) >= 11 is 0. The van der Waals surface area contributed by atoms with E-state index in [1.807, 2.05) is 0 Å². The van der Waals surface area contributed by atoms with Crippen molar-refractivity contribution in [2.24, 2.45) is 5.73 Å². The number of benzene rings is 1. The van der Waals surface area contributed by atoms with Crippen LogP contribution in [-0.4, -0.2) is 34.7 Å². The number of nitrogens with one attached hydrogen (secondary N) is 1. The molecule has 0 amide bonds. The van der Waals surface area contributed by atoms with E-state index >= 15 is 0 Å². The number of sulfonamides is 1. The van der Waals surface area contributed by atoms with Gasteiger partial charge in [0.05, 0.1) is 17.5 Å². The van der Waals surface area contributed by atoms with Gasteiger partial charge in [-0.2, -0.15) is 0 Å². The molecule has 0 saturated heterocycles. The Balaban J connectivity index is 2.92. The first kappa shape index (κ1) is 14.1. The zero-order chi connectivity index (χ0) is 12.9. The van der Waals surface area contributed by atoms with Crippen LogP contribution in [0.15, 0.2) is 29.2 Å². The summed E-state index contributed by atoms with van der Waals surface area (Å²) in [6, 6.07) is 6.39. The predicted octanol–water partition coefficient (Wildman–Crippen LogP) is 0.247. The molecule has 0 radical (unpaired) electrons. The molecule has 3 N–H and O–H groups in total. The van der Waals surface area contributed by atoms with E-state index < -0.39 is 16.1 Å². The van der Waals surface area contributed by atoms with E-state index in [1.54, 1.807) is 31.2 Å². The Kier molecular flexibility index (Phi) is 5.07. The van der Waals surface area contributed by atoms with Crippen LogP contribution in [0.5, 0.6) is 0 Å². The van der Waals surface area contributed by atoms with Gasteiger partial charge in [0.2, 0.25) is 10.0 Å². The Morgan fingerprint density at radius 2 is 2.06 bits per heavy atom. The van der Waals surface area contributed by atoms with Crippen molar-refractivity contribution in [3.05, 3.63) is 29.8 Å². The van der Waals surface area contributed by atoms with Gasteiger partial charge in [0, 0.05) is 13.7 Å². The molecular formula is C11H18N2O3S. The molecule has 1 atom stereocenters. The van der Waals surface area contributed by atoms with Crippen LogP contribution in [0, 0.1) is 6.92 Å². The van der Waals surface area contributed by atoms with E-state index in [0.717, 1.165) is 0 Å². The standard InChI is InChI=1S/C11H18N2O3S/c1-9-5-3-4-6-11(9)17(14,15)13-10(7-12)8-16-2/h3-6,10,13H,7-8,12H2,1-2H3. The van der Waals surface area contributed by atoms with Crippen LogP contribution in [0.25, 0.3) is 0 Å². The second-order valence-corrected chi connectivity index (χ2v) is 5.46. The Morgan fingerprint density at radius 3 is 2.59 bits per heavy atom. The van der Waals surface area contributed by atoms with Crippen molar-refractivity contribution in [2.75, 3.05) is 20.3 Å². The van der Waals surface area contributed by atoms with Crippen molar-refractivity contribution in [1.82, 2.24) is 4.72 Å². The summed E-state index contributed by atoms with van der Waals surface area (Å²) in [5, 5.41) is 0. The van der Waals surface area contributed by atoms with Crippen LogP contribution < -0.4 is 10.5 Å². The molecule has 96 valence electrons. The highest BCUT2D eigenvalue weighted by molar-refractivity contribution is 7.89. The van der Waals surface area contributed by atoms with E-state index in [2.05, 4.69) is 4.72 Å². The van der Waals surface area contributed by atoms with Crippen molar-refractivity contribution >= 4 is 10.0 Å². The van der Waals surface area contributed by atoms with E-state index in [0.29, 0.717) is 5.56 Å². The van der Waals surface area contributed by atoms with Crippen molar-refractivity contribution in [1.29, 1.82) is 0 Å². The highest BCUT2D eigenvalue weighted by atomic mass is 32.2. The number of hydrogen-bond donors (Lipinski definition) is 2. The molecule has 0 aliphatic heterocycles. The minimum Gasteiger partial charge on any atom is -0.383 e. The van der Waals surface area contributed by atoms with Gasteiger partial charge in [-0.05, 0) is 18.6 Å². The van der Waals surface area contributed by atoms with E-state index in [9.17, 15) is 8.42 Å². The van der Waals surface area contributed by atoms with Gasteiger partial charge in [-0.15, -0.1) is 0 Å². The zero-order valence-corrected chi connectivity index (χ0v) is 10.8. The Labute approximate surface area is 102 Å². The molecule has 6 heteroatoms. The maximum absolute atomic E-state index is 12.1. The molecule has 17 heavy (non-hydrogen) atoms. The molecule has 0 fully saturated rings. The quantitative estimate of drug-likeness (QED) is 0.766. The van der Waals surface area contributed by atoms with Crippen molar-refractivity contribution < 1.29 is 13.2 Å². The van der Waals surface area contributed by atoms with Crippen LogP contribution in [-0.2, 0) is 14.8 Å². The van der Waals surface area contributed by atoms with E-state index in [1.165, 1.54) is 7.11 Å². The topological polar surface area (TPSA) is 81.4 Å². The Morgan fingerprint density at radius 1 is 1.41 bits per heavy atom. The molecule has 1 unspecified atom stereocenters. The average molecular weight is 258 g/mol. The van der Waals surface area contributed by atoms with Crippen molar-refractivity contribution in [3.63, 3.8) is 0 Å². The van der Waals surface area contributed by atoms with Crippen LogP contribution >= 0.6 is 0 Å². The number of nitrogens with two attached hydrogens (primary N) is 1. The summed E-state index contributed by atoms with van der Waals surface area (Å²) in [4.78, 5) is 0.273. The summed E-state index contributed by atoms with van der Waals surface area (Å²) in [6.07, 6.45) is 0. The lowest BCUT2D eigenvalue weighted by atomic mass is 10.2. The molecule has 0 saturated carbocycles. The molecule has 0 spiro atoms. The van der Waals surface area contributed by atoms with Gasteiger partial charge in [-0.25, -0.2) is 13.1 Å². The van der Waals surface area contributed by atoms with Crippen LogP contribution in [0.3, 0.4) is 0 Å². The third-order valence-corrected chi connectivity index (χ3v) is 4.04. The largest absolute Gasteiger partial charge is 0.383 e. The molecule has 0 heterocycles. The third kappa shape index (κ3) is 3.78. The second kappa shape index (κ2) is 6.11. The molecular weight excluding hydrogens is 240 g/mol. The Hall–Kier alpha value is -0.950. The molecule has 0 aliphatic carbocycles. The molecule has 0 bridgehead atoms. The number of ether oxygens (including phenoxy) is 1. The van der Waals surface area contributed by atoms with Gasteiger partial charge in [0.15, 0.2) is 0 Å². The first-order valence-electron chi connectivity index (χ1n) is 5.28. The molecule has 1 aromatic rings. The highest BCUT2D eigenvalue weighted by Crippen LogP contribution is 2.14. The summed E-state index contributed by atoms with van der Waals surface area (Å²) in [5.41, 5.74) is 6.18. The molecule has 1 rings (SSSR count). The fourth-order valence-electron chi connectivity index (χ4n) is 1.49. The SMILES string of the molecule is COCC(CN)NS(=O)(=O)c1ccccc1C. The van der Waals surface area contributed by atoms with Gasteiger partial charge >= 0.3 is 0 Å². The third-order valence-electron chi connectivity index (χ3n) is 2.36. The van der Waals surface area contributed by atoms with E-state index in [4.69, 9.17) is 10.5 Å². The van der Waals surface area contributed by atoms with Gasteiger partial charge < -0.3 is 10.5 Å². The fourth-order valence-corrected chi connectivity index (χ4v) is 2.97. The molecule has 1 aromatic carbocycles. The molecule has 0 aliphatic rings.